The molecule has 2 heterocycles. The summed E-state index contributed by atoms with van der Waals surface area (Å²) in [6.07, 6.45) is 3.66. The third-order valence-corrected chi connectivity index (χ3v) is 8.27. The fraction of sp³-hybridized carbons (Fsp3) is 0. The second kappa shape index (κ2) is 12.0. The maximum Gasteiger partial charge on any atom is 0.164 e. The van der Waals surface area contributed by atoms with Crippen molar-refractivity contribution in [2.75, 3.05) is 0 Å². The summed E-state index contributed by atoms with van der Waals surface area (Å²) in [7, 11) is 0. The van der Waals surface area contributed by atoms with Crippen LogP contribution in [-0.2, 0) is 0 Å². The van der Waals surface area contributed by atoms with Crippen molar-refractivity contribution in [2.24, 2.45) is 0 Å². The molecule has 0 fully saturated rings. The van der Waals surface area contributed by atoms with E-state index in [2.05, 4.69) is 89.9 Å². The smallest absolute Gasteiger partial charge is 0.164 e. The Kier molecular flexibility index (Phi) is 7.14. The number of hydrogen-bond donors (Lipinski definition) is 0. The van der Waals surface area contributed by atoms with E-state index >= 15 is 0 Å². The number of hydrogen-bond acceptors (Lipinski definition) is 4. The molecule has 216 valence electrons. The van der Waals surface area contributed by atoms with E-state index in [9.17, 15) is 0 Å². The van der Waals surface area contributed by atoms with Gasteiger partial charge < -0.3 is 0 Å². The molecule has 4 heteroatoms. The van der Waals surface area contributed by atoms with Crippen LogP contribution in [0, 0.1) is 0 Å². The zero-order valence-corrected chi connectivity index (χ0v) is 25.0. The molecule has 0 N–H and O–H groups in total. The summed E-state index contributed by atoms with van der Waals surface area (Å²) in [5.41, 5.74) is 9.85. The molecule has 0 aliphatic heterocycles. The van der Waals surface area contributed by atoms with Crippen molar-refractivity contribution in [2.45, 2.75) is 0 Å². The third kappa shape index (κ3) is 5.33. The lowest BCUT2D eigenvalue weighted by Gasteiger charge is -2.15. The Morgan fingerprint density at radius 1 is 0.304 bits per heavy atom. The van der Waals surface area contributed by atoms with Crippen LogP contribution in [0.2, 0.25) is 0 Å². The Hall–Kier alpha value is -6.26. The number of rotatable bonds is 6. The maximum absolute atomic E-state index is 4.92. The van der Waals surface area contributed by atoms with E-state index in [-0.39, 0.29) is 0 Å². The zero-order chi connectivity index (χ0) is 30.7. The summed E-state index contributed by atoms with van der Waals surface area (Å²) in [5.74, 6) is 1.95. The van der Waals surface area contributed by atoms with Crippen LogP contribution >= 0.6 is 0 Å². The van der Waals surface area contributed by atoms with Crippen molar-refractivity contribution in [1.82, 2.24) is 19.9 Å². The molecule has 8 rings (SSSR count). The summed E-state index contributed by atoms with van der Waals surface area (Å²) < 4.78 is 0. The van der Waals surface area contributed by atoms with E-state index in [0.717, 1.165) is 27.8 Å². The van der Waals surface area contributed by atoms with Crippen LogP contribution in [0.3, 0.4) is 0 Å². The molecule has 0 saturated heterocycles. The number of nitrogens with zero attached hydrogens (tertiary/aromatic N) is 4. The second-order valence-electron chi connectivity index (χ2n) is 11.1. The first-order chi connectivity index (χ1) is 22.8. The Labute approximate surface area is 267 Å². The quantitative estimate of drug-likeness (QED) is 0.194. The largest absolute Gasteiger partial charge is 0.265 e. The highest BCUT2D eigenvalue weighted by atomic mass is 15.0. The van der Waals surface area contributed by atoms with Gasteiger partial charge in [0.15, 0.2) is 17.5 Å². The minimum atomic E-state index is 0.643. The first kappa shape index (κ1) is 27.3. The lowest BCUT2D eigenvalue weighted by Crippen LogP contribution is -2.00. The minimum absolute atomic E-state index is 0.643. The molecule has 46 heavy (non-hydrogen) atoms. The van der Waals surface area contributed by atoms with E-state index in [4.69, 9.17) is 15.0 Å². The number of pyridine rings is 1. The molecule has 0 aliphatic carbocycles. The van der Waals surface area contributed by atoms with Crippen LogP contribution in [-0.4, -0.2) is 19.9 Å². The Morgan fingerprint density at radius 2 is 0.761 bits per heavy atom. The van der Waals surface area contributed by atoms with Gasteiger partial charge in [-0.15, -0.1) is 0 Å². The van der Waals surface area contributed by atoms with E-state index in [1.807, 2.05) is 85.2 Å². The third-order valence-electron chi connectivity index (χ3n) is 8.27. The number of benzene rings is 6. The van der Waals surface area contributed by atoms with Crippen LogP contribution in [0.25, 0.3) is 78.3 Å². The Balaban J connectivity index is 1.22. The molecule has 0 unspecified atom stereocenters. The molecule has 4 nitrogen and oxygen atoms in total. The number of fused-ring (bicyclic) bond motifs is 1. The molecular weight excluding hydrogens is 560 g/mol. The molecule has 8 aromatic rings. The molecule has 0 bridgehead atoms. The minimum Gasteiger partial charge on any atom is -0.265 e. The topological polar surface area (TPSA) is 51.6 Å². The van der Waals surface area contributed by atoms with Crippen LogP contribution in [0.5, 0.6) is 0 Å². The molecule has 0 spiro atoms. The molecule has 0 aliphatic rings. The van der Waals surface area contributed by atoms with Gasteiger partial charge in [-0.1, -0.05) is 146 Å². The molecule has 0 saturated carbocycles. The van der Waals surface area contributed by atoms with E-state index in [1.165, 1.54) is 33.0 Å². The average Bonchev–Trinajstić information content (AvgIpc) is 3.15. The van der Waals surface area contributed by atoms with E-state index < -0.39 is 0 Å². The Morgan fingerprint density at radius 3 is 1.37 bits per heavy atom. The van der Waals surface area contributed by atoms with Gasteiger partial charge in [0.2, 0.25) is 0 Å². The highest BCUT2D eigenvalue weighted by Crippen LogP contribution is 2.39. The van der Waals surface area contributed by atoms with Crippen molar-refractivity contribution in [3.05, 3.63) is 170 Å². The van der Waals surface area contributed by atoms with Crippen LogP contribution in [0.1, 0.15) is 0 Å². The first-order valence-electron chi connectivity index (χ1n) is 15.3. The predicted octanol–water partition coefficient (Wildman–Crippen LogP) is 10.4. The van der Waals surface area contributed by atoms with Crippen molar-refractivity contribution in [3.63, 3.8) is 0 Å². The zero-order valence-electron chi connectivity index (χ0n) is 25.0. The van der Waals surface area contributed by atoms with Gasteiger partial charge in [0, 0.05) is 29.1 Å². The summed E-state index contributed by atoms with van der Waals surface area (Å²) in [6, 6.07) is 54.6. The van der Waals surface area contributed by atoms with E-state index in [0.29, 0.717) is 17.5 Å². The molecular formula is C42H28N4. The van der Waals surface area contributed by atoms with Crippen LogP contribution < -0.4 is 0 Å². The summed E-state index contributed by atoms with van der Waals surface area (Å²) in [5, 5.41) is 2.42. The predicted molar refractivity (Wildman–Crippen MR) is 188 cm³/mol. The highest BCUT2D eigenvalue weighted by molar-refractivity contribution is 6.04. The highest BCUT2D eigenvalue weighted by Gasteiger charge is 2.15. The van der Waals surface area contributed by atoms with Gasteiger partial charge in [-0.05, 0) is 56.3 Å². The fourth-order valence-corrected chi connectivity index (χ4v) is 5.93. The molecule has 6 aromatic carbocycles. The monoisotopic (exact) mass is 588 g/mol. The van der Waals surface area contributed by atoms with Crippen LogP contribution in [0.15, 0.2) is 170 Å². The lowest BCUT2D eigenvalue weighted by molar-refractivity contribution is 1.07. The van der Waals surface area contributed by atoms with Crippen molar-refractivity contribution >= 4 is 10.8 Å². The van der Waals surface area contributed by atoms with Gasteiger partial charge in [0.05, 0.1) is 0 Å². The molecule has 0 atom stereocenters. The van der Waals surface area contributed by atoms with Gasteiger partial charge in [-0.2, -0.15) is 0 Å². The summed E-state index contributed by atoms with van der Waals surface area (Å²) in [4.78, 5) is 18.9. The van der Waals surface area contributed by atoms with Crippen molar-refractivity contribution < 1.29 is 0 Å². The second-order valence-corrected chi connectivity index (χ2v) is 11.1. The van der Waals surface area contributed by atoms with Crippen LogP contribution in [0.4, 0.5) is 0 Å². The Bertz CT molecular complexity index is 2210. The molecule has 0 amide bonds. The standard InChI is InChI=1S/C42H28N4/c1-3-10-34(11-4-1)40-44-41(35-12-5-2-6-13-35)46-42(45-40)36-21-19-33(20-22-36)39-37-14-8-7-9-31(37)23-24-38(39)32-17-15-29(16-18-32)30-25-27-43-28-26-30/h1-28H. The van der Waals surface area contributed by atoms with Crippen molar-refractivity contribution in [3.8, 4) is 67.5 Å². The maximum atomic E-state index is 4.92. The molecule has 2 aromatic heterocycles. The van der Waals surface area contributed by atoms with Gasteiger partial charge >= 0.3 is 0 Å². The lowest BCUT2D eigenvalue weighted by atomic mass is 9.89. The number of aromatic nitrogens is 4. The average molecular weight is 589 g/mol. The van der Waals surface area contributed by atoms with Gasteiger partial charge in [-0.3, -0.25) is 4.98 Å². The first-order valence-corrected chi connectivity index (χ1v) is 15.3. The normalized spacial score (nSPS) is 11.0. The van der Waals surface area contributed by atoms with Gasteiger partial charge in [-0.25, -0.2) is 15.0 Å². The van der Waals surface area contributed by atoms with Gasteiger partial charge in [0.25, 0.3) is 0 Å². The summed E-state index contributed by atoms with van der Waals surface area (Å²) in [6.45, 7) is 0. The molecule has 0 radical (unpaired) electrons. The summed E-state index contributed by atoms with van der Waals surface area (Å²) >= 11 is 0. The van der Waals surface area contributed by atoms with Crippen molar-refractivity contribution in [1.29, 1.82) is 0 Å². The van der Waals surface area contributed by atoms with E-state index in [1.54, 1.807) is 0 Å². The fourth-order valence-electron chi connectivity index (χ4n) is 5.93. The van der Waals surface area contributed by atoms with Gasteiger partial charge in [0.1, 0.15) is 0 Å². The SMILES string of the molecule is c1ccc(-c2nc(-c3ccccc3)nc(-c3ccc(-c4c(-c5ccc(-c6ccncc6)cc5)ccc5ccccc45)cc3)n2)cc1.